The molecule has 0 spiro atoms. The van der Waals surface area contributed by atoms with Crippen molar-refractivity contribution in [1.29, 1.82) is 0 Å². The molecule has 96 valence electrons. The minimum atomic E-state index is -0.0234. The highest BCUT2D eigenvalue weighted by Crippen LogP contribution is 2.16. The van der Waals surface area contributed by atoms with Crippen LogP contribution in [0, 0.1) is 5.92 Å². The number of hydrogen-bond acceptors (Lipinski definition) is 4. The van der Waals surface area contributed by atoms with E-state index in [1.54, 1.807) is 0 Å². The second-order valence-corrected chi connectivity index (χ2v) is 5.17. The summed E-state index contributed by atoms with van der Waals surface area (Å²) in [6.45, 7) is 5.36. The maximum Gasteiger partial charge on any atom is 0.229 e. The van der Waals surface area contributed by atoms with Crippen molar-refractivity contribution in [2.24, 2.45) is 11.7 Å². The van der Waals surface area contributed by atoms with Gasteiger partial charge in [0, 0.05) is 38.5 Å². The van der Waals surface area contributed by atoms with Crippen molar-refractivity contribution in [2.45, 2.75) is 32.2 Å². The van der Waals surface area contributed by atoms with Gasteiger partial charge in [0.15, 0.2) is 0 Å². The van der Waals surface area contributed by atoms with Crippen LogP contribution in [0.2, 0.25) is 0 Å². The van der Waals surface area contributed by atoms with Crippen LogP contribution in [0.3, 0.4) is 0 Å². The molecule has 2 aliphatic heterocycles. The van der Waals surface area contributed by atoms with Crippen LogP contribution in [-0.2, 0) is 9.59 Å². The van der Waals surface area contributed by atoms with Crippen LogP contribution in [0.5, 0.6) is 0 Å². The Morgan fingerprint density at radius 2 is 1.88 bits per heavy atom. The molecule has 0 aromatic heterocycles. The summed E-state index contributed by atoms with van der Waals surface area (Å²) in [7, 11) is 0. The summed E-state index contributed by atoms with van der Waals surface area (Å²) in [4.78, 5) is 26.5. The fourth-order valence-corrected chi connectivity index (χ4v) is 2.49. The van der Waals surface area contributed by atoms with E-state index in [1.807, 2.05) is 0 Å². The van der Waals surface area contributed by atoms with Gasteiger partial charge in [-0.25, -0.2) is 0 Å². The maximum absolute atomic E-state index is 11.4. The Hall–Kier alpha value is -0.940. The molecule has 2 atom stereocenters. The zero-order valence-corrected chi connectivity index (χ0v) is 10.4. The quantitative estimate of drug-likeness (QED) is 0.693. The van der Waals surface area contributed by atoms with Gasteiger partial charge in [-0.05, 0) is 18.9 Å². The third-order valence-corrected chi connectivity index (χ3v) is 3.90. The monoisotopic (exact) mass is 239 g/mol. The average molecular weight is 239 g/mol. The number of amides is 2. The molecule has 0 aromatic rings. The van der Waals surface area contributed by atoms with E-state index in [0.29, 0.717) is 25.3 Å². The molecule has 0 aliphatic carbocycles. The summed E-state index contributed by atoms with van der Waals surface area (Å²) in [5.41, 5.74) is 6.02. The zero-order chi connectivity index (χ0) is 12.4. The molecule has 2 amide bonds. The van der Waals surface area contributed by atoms with Crippen molar-refractivity contribution in [3.63, 3.8) is 0 Å². The minimum absolute atomic E-state index is 0.0234. The van der Waals surface area contributed by atoms with Crippen LogP contribution in [0.4, 0.5) is 0 Å². The molecule has 2 saturated heterocycles. The van der Waals surface area contributed by atoms with Crippen LogP contribution >= 0.6 is 0 Å². The highest BCUT2D eigenvalue weighted by atomic mass is 16.2. The third-order valence-electron chi connectivity index (χ3n) is 3.90. The Bertz CT molecular complexity index is 303. The highest BCUT2D eigenvalue weighted by Gasteiger charge is 2.30. The van der Waals surface area contributed by atoms with E-state index >= 15 is 0 Å². The molecular weight excluding hydrogens is 218 g/mol. The molecule has 2 fully saturated rings. The first-order valence-electron chi connectivity index (χ1n) is 6.39. The number of nitrogens with two attached hydrogens (primary N) is 1. The van der Waals surface area contributed by atoms with E-state index in [-0.39, 0.29) is 17.9 Å². The first-order chi connectivity index (χ1) is 8.08. The zero-order valence-electron chi connectivity index (χ0n) is 10.4. The van der Waals surface area contributed by atoms with Gasteiger partial charge in [-0.2, -0.15) is 0 Å². The molecule has 0 bridgehead atoms. The first kappa shape index (κ1) is 12.5. The minimum Gasteiger partial charge on any atom is -0.326 e. The molecule has 17 heavy (non-hydrogen) atoms. The van der Waals surface area contributed by atoms with Crippen molar-refractivity contribution in [1.82, 2.24) is 9.80 Å². The van der Waals surface area contributed by atoms with Crippen molar-refractivity contribution in [3.05, 3.63) is 0 Å². The van der Waals surface area contributed by atoms with Crippen LogP contribution in [-0.4, -0.2) is 53.8 Å². The Labute approximate surface area is 102 Å². The maximum atomic E-state index is 11.4. The summed E-state index contributed by atoms with van der Waals surface area (Å²) in [5.74, 6) is 0.524. The van der Waals surface area contributed by atoms with Gasteiger partial charge < -0.3 is 10.6 Å². The number of carbonyl (C=O) groups excluding carboxylic acids is 2. The third kappa shape index (κ3) is 2.84. The van der Waals surface area contributed by atoms with E-state index in [0.717, 1.165) is 26.1 Å². The van der Waals surface area contributed by atoms with Gasteiger partial charge in [0.2, 0.25) is 11.8 Å². The fourth-order valence-electron chi connectivity index (χ4n) is 2.49. The number of nitrogens with zero attached hydrogens (tertiary/aromatic N) is 2. The number of piperidine rings is 1. The van der Waals surface area contributed by atoms with E-state index in [1.165, 1.54) is 4.90 Å². The van der Waals surface area contributed by atoms with E-state index < -0.39 is 0 Å². The Morgan fingerprint density at radius 3 is 2.47 bits per heavy atom. The molecule has 5 heteroatoms. The molecule has 5 nitrogen and oxygen atoms in total. The molecule has 2 aliphatic rings. The summed E-state index contributed by atoms with van der Waals surface area (Å²) >= 11 is 0. The lowest BCUT2D eigenvalue weighted by Gasteiger charge is -2.35. The average Bonchev–Trinajstić information content (AvgIpc) is 2.61. The van der Waals surface area contributed by atoms with Gasteiger partial charge in [-0.3, -0.25) is 14.5 Å². The van der Waals surface area contributed by atoms with Crippen molar-refractivity contribution in [3.8, 4) is 0 Å². The fraction of sp³-hybridized carbons (Fsp3) is 0.833. The van der Waals surface area contributed by atoms with Crippen LogP contribution in [0.15, 0.2) is 0 Å². The van der Waals surface area contributed by atoms with Crippen molar-refractivity contribution in [2.75, 3.05) is 26.2 Å². The standard InChI is InChI=1S/C12H21N3O2/c1-9-4-5-14(8-10(9)13)6-7-15-11(16)2-3-12(15)17/h9-10H,2-8,13H2,1H3. The Balaban J connectivity index is 1.79. The van der Waals surface area contributed by atoms with Crippen LogP contribution in [0.1, 0.15) is 26.2 Å². The predicted molar refractivity (Wildman–Crippen MR) is 64.2 cm³/mol. The lowest BCUT2D eigenvalue weighted by molar-refractivity contribution is -0.138. The van der Waals surface area contributed by atoms with Gasteiger partial charge in [0.05, 0.1) is 0 Å². The number of imide groups is 1. The first-order valence-corrected chi connectivity index (χ1v) is 6.39. The van der Waals surface area contributed by atoms with Gasteiger partial charge in [0.1, 0.15) is 0 Å². The molecule has 0 radical (unpaired) electrons. The summed E-state index contributed by atoms with van der Waals surface area (Å²) in [5, 5.41) is 0. The lowest BCUT2D eigenvalue weighted by Crippen LogP contribution is -2.49. The summed E-state index contributed by atoms with van der Waals surface area (Å²) < 4.78 is 0. The van der Waals surface area contributed by atoms with E-state index in [4.69, 9.17) is 5.73 Å². The topological polar surface area (TPSA) is 66.6 Å². The van der Waals surface area contributed by atoms with E-state index in [2.05, 4.69) is 11.8 Å². The summed E-state index contributed by atoms with van der Waals surface area (Å²) in [6.07, 6.45) is 1.87. The molecule has 2 heterocycles. The predicted octanol–water partition coefficient (Wildman–Crippen LogP) is -0.195. The largest absolute Gasteiger partial charge is 0.326 e. The molecule has 2 N–H and O–H groups in total. The summed E-state index contributed by atoms with van der Waals surface area (Å²) in [6, 6.07) is 0.216. The Kier molecular flexibility index (Phi) is 3.79. The Morgan fingerprint density at radius 1 is 1.24 bits per heavy atom. The van der Waals surface area contributed by atoms with Gasteiger partial charge in [-0.15, -0.1) is 0 Å². The normalized spacial score (nSPS) is 31.3. The molecular formula is C12H21N3O2. The van der Waals surface area contributed by atoms with Gasteiger partial charge in [0.25, 0.3) is 0 Å². The second-order valence-electron chi connectivity index (χ2n) is 5.17. The molecule has 0 saturated carbocycles. The van der Waals surface area contributed by atoms with Crippen LogP contribution < -0.4 is 5.73 Å². The van der Waals surface area contributed by atoms with Gasteiger partial charge in [-0.1, -0.05) is 6.92 Å². The lowest BCUT2D eigenvalue weighted by atomic mass is 9.94. The number of carbonyl (C=O) groups is 2. The van der Waals surface area contributed by atoms with Crippen molar-refractivity contribution >= 4 is 11.8 Å². The molecule has 2 rings (SSSR count). The highest BCUT2D eigenvalue weighted by molar-refractivity contribution is 6.01. The van der Waals surface area contributed by atoms with Crippen LogP contribution in [0.25, 0.3) is 0 Å². The number of rotatable bonds is 3. The molecule has 2 unspecified atom stereocenters. The second kappa shape index (κ2) is 5.14. The molecule has 0 aromatic carbocycles. The SMILES string of the molecule is CC1CCN(CCN2C(=O)CCC2=O)CC1N. The van der Waals surface area contributed by atoms with Crippen molar-refractivity contribution < 1.29 is 9.59 Å². The van der Waals surface area contributed by atoms with E-state index in [9.17, 15) is 9.59 Å². The number of likely N-dealkylation sites (tertiary alicyclic amines) is 2. The van der Waals surface area contributed by atoms with Gasteiger partial charge >= 0.3 is 0 Å². The smallest absolute Gasteiger partial charge is 0.229 e. The number of hydrogen-bond donors (Lipinski definition) is 1.